The Morgan fingerprint density at radius 3 is 2.29 bits per heavy atom. The number of sulfone groups is 1. The molecule has 0 unspecified atom stereocenters. The Morgan fingerprint density at radius 2 is 1.62 bits per heavy atom. The number of carbonyl (C=O) groups excluding carboxylic acids is 4. The summed E-state index contributed by atoms with van der Waals surface area (Å²) >= 11 is 0. The minimum Gasteiger partial charge on any atom is -0.492 e. The van der Waals surface area contributed by atoms with E-state index < -0.39 is 51.4 Å². The molecule has 2 aliphatic heterocycles. The SMILES string of the molecule is CC(C)[C@H]1NC(=O)[C@@H](NC(=O)CCS(=O)(=O)c2ccccc2)Cc2ccc(cc2)OCCNC(=O)Cn2nc(-c3ccccc3)nc2[C@H](C)NC1=O. The lowest BCUT2D eigenvalue weighted by Gasteiger charge is -2.27. The Balaban J connectivity index is 1.40. The second-order valence-electron chi connectivity index (χ2n) is 12.8. The molecule has 4 aromatic rings. The Hall–Kier alpha value is -5.57. The highest BCUT2D eigenvalue weighted by Crippen LogP contribution is 2.20. The highest BCUT2D eigenvalue weighted by molar-refractivity contribution is 7.91. The van der Waals surface area contributed by atoms with E-state index in [1.807, 2.05) is 30.3 Å². The van der Waals surface area contributed by atoms with E-state index in [0.717, 1.165) is 5.56 Å². The van der Waals surface area contributed by atoms with Crippen LogP contribution in [-0.4, -0.2) is 77.8 Å². The van der Waals surface area contributed by atoms with Crippen molar-refractivity contribution in [2.75, 3.05) is 18.9 Å². The summed E-state index contributed by atoms with van der Waals surface area (Å²) in [5, 5.41) is 15.8. The van der Waals surface area contributed by atoms with Gasteiger partial charge in [0.2, 0.25) is 23.6 Å². The molecule has 2 aliphatic rings. The van der Waals surface area contributed by atoms with Crippen LogP contribution in [0.3, 0.4) is 0 Å². The zero-order chi connectivity index (χ0) is 37.3. The number of hydrogen-bond acceptors (Lipinski definition) is 9. The second kappa shape index (κ2) is 17.1. The first-order valence-corrected chi connectivity index (χ1v) is 18.7. The summed E-state index contributed by atoms with van der Waals surface area (Å²) in [5.74, 6) is -1.68. The van der Waals surface area contributed by atoms with E-state index in [1.54, 1.807) is 63.2 Å². The number of aromatic nitrogens is 3. The summed E-state index contributed by atoms with van der Waals surface area (Å²) in [7, 11) is -3.74. The number of ether oxygens (including phenoxy) is 1. The molecule has 274 valence electrons. The molecule has 14 nitrogen and oxygen atoms in total. The molecule has 4 N–H and O–H groups in total. The minimum absolute atomic E-state index is 0.0492. The second-order valence-corrected chi connectivity index (χ2v) is 14.9. The molecule has 3 atom stereocenters. The van der Waals surface area contributed by atoms with Crippen molar-refractivity contribution in [1.29, 1.82) is 0 Å². The Morgan fingerprint density at radius 1 is 0.942 bits per heavy atom. The quantitative estimate of drug-likeness (QED) is 0.221. The summed E-state index contributed by atoms with van der Waals surface area (Å²) in [5.41, 5.74) is 1.41. The lowest BCUT2D eigenvalue weighted by Crippen LogP contribution is -2.56. The van der Waals surface area contributed by atoms with E-state index in [9.17, 15) is 27.6 Å². The molecule has 2 bridgehead atoms. The van der Waals surface area contributed by atoms with Gasteiger partial charge in [0.1, 0.15) is 36.8 Å². The number of nitrogens with one attached hydrogen (secondary N) is 4. The summed E-state index contributed by atoms with van der Waals surface area (Å²) in [6, 6.07) is 21.1. The van der Waals surface area contributed by atoms with Crippen LogP contribution in [0.4, 0.5) is 0 Å². The molecule has 0 saturated heterocycles. The van der Waals surface area contributed by atoms with Crippen LogP contribution in [0.2, 0.25) is 0 Å². The molecular formula is C37H43N7O7S. The molecule has 0 aliphatic carbocycles. The third-order valence-electron chi connectivity index (χ3n) is 8.43. The number of carbonyl (C=O) groups is 4. The third kappa shape index (κ3) is 10.0. The van der Waals surface area contributed by atoms with Gasteiger partial charge in [-0.2, -0.15) is 5.10 Å². The molecule has 0 spiro atoms. The Labute approximate surface area is 302 Å². The van der Waals surface area contributed by atoms with Crippen LogP contribution in [0.15, 0.2) is 89.8 Å². The summed E-state index contributed by atoms with van der Waals surface area (Å²) in [6.07, 6.45) is -0.324. The predicted molar refractivity (Wildman–Crippen MR) is 192 cm³/mol. The highest BCUT2D eigenvalue weighted by atomic mass is 32.2. The van der Waals surface area contributed by atoms with Gasteiger partial charge in [0.15, 0.2) is 15.7 Å². The van der Waals surface area contributed by atoms with Crippen LogP contribution in [0.5, 0.6) is 5.75 Å². The van der Waals surface area contributed by atoms with E-state index in [-0.39, 0.29) is 49.3 Å². The normalized spacial score (nSPS) is 19.1. The molecule has 0 saturated carbocycles. The molecule has 15 heteroatoms. The topological polar surface area (TPSA) is 190 Å². The predicted octanol–water partition coefficient (Wildman–Crippen LogP) is 2.36. The summed E-state index contributed by atoms with van der Waals surface area (Å²) in [4.78, 5) is 58.5. The van der Waals surface area contributed by atoms with Crippen LogP contribution in [-0.2, 0) is 42.0 Å². The van der Waals surface area contributed by atoms with E-state index in [0.29, 0.717) is 23.0 Å². The van der Waals surface area contributed by atoms with Gasteiger partial charge >= 0.3 is 0 Å². The first-order chi connectivity index (χ1) is 24.9. The largest absolute Gasteiger partial charge is 0.492 e. The third-order valence-corrected chi connectivity index (χ3v) is 10.2. The average molecular weight is 730 g/mol. The first-order valence-electron chi connectivity index (χ1n) is 17.1. The van der Waals surface area contributed by atoms with Gasteiger partial charge in [0.25, 0.3) is 0 Å². The fourth-order valence-electron chi connectivity index (χ4n) is 5.61. The van der Waals surface area contributed by atoms with Crippen LogP contribution in [0.1, 0.15) is 44.6 Å². The van der Waals surface area contributed by atoms with Crippen LogP contribution in [0, 0.1) is 5.92 Å². The molecule has 3 aromatic carbocycles. The maximum absolute atomic E-state index is 13.9. The van der Waals surface area contributed by atoms with E-state index in [4.69, 9.17) is 4.74 Å². The molecule has 52 heavy (non-hydrogen) atoms. The fourth-order valence-corrected chi connectivity index (χ4v) is 6.88. The molecule has 3 heterocycles. The van der Waals surface area contributed by atoms with Crippen molar-refractivity contribution < 1.29 is 32.3 Å². The molecule has 1 aromatic heterocycles. The molecule has 0 radical (unpaired) electrons. The number of nitrogens with zero attached hydrogens (tertiary/aromatic N) is 3. The van der Waals surface area contributed by atoms with Crippen LogP contribution < -0.4 is 26.0 Å². The van der Waals surface area contributed by atoms with Crippen molar-refractivity contribution in [3.63, 3.8) is 0 Å². The van der Waals surface area contributed by atoms with Crippen molar-refractivity contribution in [2.24, 2.45) is 5.92 Å². The van der Waals surface area contributed by atoms with Crippen molar-refractivity contribution >= 4 is 33.5 Å². The number of amides is 4. The Bertz CT molecular complexity index is 1970. The van der Waals surface area contributed by atoms with E-state index in [1.165, 1.54) is 16.8 Å². The smallest absolute Gasteiger partial charge is 0.243 e. The van der Waals surface area contributed by atoms with Gasteiger partial charge in [0.05, 0.1) is 23.2 Å². The van der Waals surface area contributed by atoms with Crippen LogP contribution in [0.25, 0.3) is 11.4 Å². The lowest BCUT2D eigenvalue weighted by atomic mass is 10.0. The molecule has 4 amide bonds. The zero-order valence-corrected chi connectivity index (χ0v) is 30.1. The number of benzene rings is 3. The van der Waals surface area contributed by atoms with E-state index >= 15 is 0 Å². The summed E-state index contributed by atoms with van der Waals surface area (Å²) < 4.78 is 32.9. The first kappa shape index (κ1) is 37.7. The van der Waals surface area contributed by atoms with Gasteiger partial charge in [-0.15, -0.1) is 0 Å². The van der Waals surface area contributed by atoms with Gasteiger partial charge in [-0.1, -0.05) is 74.5 Å². The fraction of sp³-hybridized carbons (Fsp3) is 0.351. The van der Waals surface area contributed by atoms with Crippen molar-refractivity contribution in [3.8, 4) is 17.1 Å². The average Bonchev–Trinajstić information content (AvgIpc) is 3.55. The van der Waals surface area contributed by atoms with Crippen molar-refractivity contribution in [1.82, 2.24) is 36.0 Å². The van der Waals surface area contributed by atoms with Gasteiger partial charge in [-0.05, 0) is 42.7 Å². The number of hydrogen-bond donors (Lipinski definition) is 4. The van der Waals surface area contributed by atoms with E-state index in [2.05, 4.69) is 31.3 Å². The van der Waals surface area contributed by atoms with Gasteiger partial charge < -0.3 is 26.0 Å². The highest BCUT2D eigenvalue weighted by Gasteiger charge is 2.31. The number of rotatable bonds is 7. The maximum atomic E-state index is 13.9. The van der Waals surface area contributed by atoms with Crippen molar-refractivity contribution in [2.45, 2.75) is 63.2 Å². The lowest BCUT2D eigenvalue weighted by molar-refractivity contribution is -0.133. The molecular weight excluding hydrogens is 687 g/mol. The van der Waals surface area contributed by atoms with Crippen molar-refractivity contribution in [3.05, 3.63) is 96.3 Å². The van der Waals surface area contributed by atoms with Gasteiger partial charge in [-0.3, -0.25) is 19.2 Å². The maximum Gasteiger partial charge on any atom is 0.243 e. The minimum atomic E-state index is -3.74. The molecule has 6 rings (SSSR count). The monoisotopic (exact) mass is 729 g/mol. The van der Waals surface area contributed by atoms with Gasteiger partial charge in [-0.25, -0.2) is 18.1 Å². The Kier molecular flexibility index (Phi) is 12.4. The molecule has 0 fully saturated rings. The van der Waals surface area contributed by atoms with Gasteiger partial charge in [0, 0.05) is 18.4 Å². The standard InChI is InChI=1S/C37H43N7O7S/c1-24(2)33-37(48)39-25(3)35-42-34(27-10-6-4-7-11-27)43-44(35)23-32(46)38-19-20-51-28-16-14-26(15-17-28)22-30(36(47)41-33)40-31(45)18-21-52(49,50)29-12-8-5-9-13-29/h4-17,24-25,30,33H,18-23H2,1-3H3,(H,38,46)(H,39,48)(H,40,45)(H,41,47)/t25-,30-,33+/m0/s1. The summed E-state index contributed by atoms with van der Waals surface area (Å²) in [6.45, 7) is 5.49. The number of fused-ring (bicyclic) bond motifs is 14. The van der Waals surface area contributed by atoms with Crippen LogP contribution >= 0.6 is 0 Å². The zero-order valence-electron chi connectivity index (χ0n) is 29.2.